The quantitative estimate of drug-likeness (QED) is 0.750. The number of likely N-dealkylation sites (tertiary alicyclic amines) is 1. The van der Waals surface area contributed by atoms with Gasteiger partial charge in [-0.05, 0) is 43.2 Å². The van der Waals surface area contributed by atoms with Gasteiger partial charge in [0.05, 0.1) is 11.9 Å². The van der Waals surface area contributed by atoms with E-state index in [0.29, 0.717) is 18.8 Å². The summed E-state index contributed by atoms with van der Waals surface area (Å²) in [6.45, 7) is 4.68. The Morgan fingerprint density at radius 1 is 1.22 bits per heavy atom. The molecule has 1 amide bonds. The molecule has 3 rings (SSSR count). The fourth-order valence-corrected chi connectivity index (χ4v) is 3.03. The first-order valence-corrected chi connectivity index (χ1v) is 8.46. The Labute approximate surface area is 154 Å². The van der Waals surface area contributed by atoms with Gasteiger partial charge in [0.1, 0.15) is 17.2 Å². The lowest BCUT2D eigenvalue weighted by atomic mass is 9.92. The van der Waals surface area contributed by atoms with Crippen molar-refractivity contribution in [2.45, 2.75) is 24.9 Å². The molecule has 1 saturated heterocycles. The zero-order chi connectivity index (χ0) is 19.4. The summed E-state index contributed by atoms with van der Waals surface area (Å²) in [5.41, 5.74) is -0.247. The van der Waals surface area contributed by atoms with Gasteiger partial charge in [-0.1, -0.05) is 6.58 Å². The first-order valence-electron chi connectivity index (χ1n) is 8.46. The highest BCUT2D eigenvalue weighted by molar-refractivity contribution is 5.87. The summed E-state index contributed by atoms with van der Waals surface area (Å²) in [5.74, 6) is 0.684. The minimum absolute atomic E-state index is 0.0949. The second kappa shape index (κ2) is 7.77. The van der Waals surface area contributed by atoms with Crippen LogP contribution in [-0.2, 0) is 11.0 Å². The number of ether oxygens (including phenoxy) is 1. The molecule has 0 unspecified atom stereocenters. The monoisotopic (exact) mass is 377 g/mol. The van der Waals surface area contributed by atoms with Gasteiger partial charge in [0.15, 0.2) is 0 Å². The molecule has 3 heterocycles. The van der Waals surface area contributed by atoms with Crippen LogP contribution >= 0.6 is 0 Å². The normalized spacial score (nSPS) is 15.4. The summed E-state index contributed by atoms with van der Waals surface area (Å²) in [6, 6.07) is 5.54. The van der Waals surface area contributed by atoms with Crippen molar-refractivity contribution < 1.29 is 22.7 Å². The molecule has 2 aromatic heterocycles. The maximum absolute atomic E-state index is 12.6. The highest BCUT2D eigenvalue weighted by Crippen LogP contribution is 2.35. The maximum Gasteiger partial charge on any atom is 0.433 e. The zero-order valence-electron chi connectivity index (χ0n) is 14.4. The molecule has 1 aliphatic rings. The Morgan fingerprint density at radius 3 is 2.56 bits per heavy atom. The number of carbonyl (C=O) groups is 1. The largest absolute Gasteiger partial charge is 0.454 e. The molecule has 0 bridgehead atoms. The van der Waals surface area contributed by atoms with Gasteiger partial charge >= 0.3 is 6.18 Å². The van der Waals surface area contributed by atoms with Gasteiger partial charge in [-0.25, -0.2) is 4.98 Å². The van der Waals surface area contributed by atoms with Crippen LogP contribution < -0.4 is 4.74 Å². The smallest absolute Gasteiger partial charge is 0.433 e. The van der Waals surface area contributed by atoms with Gasteiger partial charge in [-0.15, -0.1) is 0 Å². The number of hydrogen-bond donors (Lipinski definition) is 0. The minimum Gasteiger partial charge on any atom is -0.454 e. The number of aromatic nitrogens is 2. The van der Waals surface area contributed by atoms with Crippen LogP contribution in [0.1, 0.15) is 30.1 Å². The molecule has 142 valence electrons. The topological polar surface area (TPSA) is 55.3 Å². The fourth-order valence-electron chi connectivity index (χ4n) is 3.03. The molecule has 0 N–H and O–H groups in total. The second-order valence-electron chi connectivity index (χ2n) is 6.17. The van der Waals surface area contributed by atoms with Crippen molar-refractivity contribution in [3.05, 3.63) is 60.7 Å². The molecule has 0 aliphatic carbocycles. The Kier molecular flexibility index (Phi) is 5.43. The molecular formula is C19H18F3N3O2. The standard InChI is InChI=1S/C19H18F3N3O2/c1-2-17(26)25-10-7-13(8-11-25)18-15(4-3-9-23-18)27-14-5-6-16(24-12-14)19(20,21)22/h2-6,9,12-13H,1,7-8,10-11H2. The SMILES string of the molecule is C=CC(=O)N1CCC(c2ncccc2Oc2ccc(C(F)(F)F)nc2)CC1. The van der Waals surface area contributed by atoms with E-state index in [9.17, 15) is 18.0 Å². The Bertz CT molecular complexity index is 814. The zero-order valence-corrected chi connectivity index (χ0v) is 14.4. The van der Waals surface area contributed by atoms with Crippen LogP contribution in [0.3, 0.4) is 0 Å². The molecule has 1 fully saturated rings. The van der Waals surface area contributed by atoms with Crippen molar-refractivity contribution >= 4 is 5.91 Å². The van der Waals surface area contributed by atoms with Crippen molar-refractivity contribution in [3.63, 3.8) is 0 Å². The first-order chi connectivity index (χ1) is 12.9. The number of piperidine rings is 1. The second-order valence-corrected chi connectivity index (χ2v) is 6.17. The third kappa shape index (κ3) is 4.45. The van der Waals surface area contributed by atoms with Crippen molar-refractivity contribution in [3.8, 4) is 11.5 Å². The molecule has 5 nitrogen and oxygen atoms in total. The van der Waals surface area contributed by atoms with Gasteiger partial charge in [-0.2, -0.15) is 13.2 Å². The fraction of sp³-hybridized carbons (Fsp3) is 0.316. The lowest BCUT2D eigenvalue weighted by Crippen LogP contribution is -2.37. The number of halogens is 3. The van der Waals surface area contributed by atoms with E-state index in [4.69, 9.17) is 4.74 Å². The van der Waals surface area contributed by atoms with E-state index < -0.39 is 11.9 Å². The first kappa shape index (κ1) is 18.9. The average molecular weight is 377 g/mol. The summed E-state index contributed by atoms with van der Waals surface area (Å²) in [5, 5.41) is 0. The Hall–Kier alpha value is -2.90. The molecular weight excluding hydrogens is 359 g/mol. The Balaban J connectivity index is 1.73. The van der Waals surface area contributed by atoms with Gasteiger partial charge in [0, 0.05) is 25.2 Å². The molecule has 0 radical (unpaired) electrons. The van der Waals surface area contributed by atoms with Gasteiger partial charge in [0.25, 0.3) is 0 Å². The Morgan fingerprint density at radius 2 is 1.96 bits per heavy atom. The van der Waals surface area contributed by atoms with E-state index in [0.717, 1.165) is 30.8 Å². The van der Waals surface area contributed by atoms with E-state index in [1.807, 2.05) is 0 Å². The van der Waals surface area contributed by atoms with Crippen LogP contribution in [0, 0.1) is 0 Å². The molecule has 2 aromatic rings. The molecule has 0 atom stereocenters. The maximum atomic E-state index is 12.6. The van der Waals surface area contributed by atoms with Crippen LogP contribution in [0.5, 0.6) is 11.5 Å². The molecule has 0 spiro atoms. The summed E-state index contributed by atoms with van der Waals surface area (Å²) in [4.78, 5) is 21.2. The molecule has 0 aromatic carbocycles. The molecule has 1 aliphatic heterocycles. The van der Waals surface area contributed by atoms with Gasteiger partial charge in [-0.3, -0.25) is 9.78 Å². The highest BCUT2D eigenvalue weighted by atomic mass is 19.4. The number of carbonyl (C=O) groups excluding carboxylic acids is 1. The minimum atomic E-state index is -4.49. The summed E-state index contributed by atoms with van der Waals surface area (Å²) < 4.78 is 43.6. The van der Waals surface area contributed by atoms with E-state index in [2.05, 4.69) is 16.5 Å². The van der Waals surface area contributed by atoms with Gasteiger partial charge < -0.3 is 9.64 Å². The lowest BCUT2D eigenvalue weighted by molar-refractivity contribution is -0.141. The van der Waals surface area contributed by atoms with Crippen LogP contribution in [0.4, 0.5) is 13.2 Å². The number of alkyl halides is 3. The lowest BCUT2D eigenvalue weighted by Gasteiger charge is -2.31. The summed E-state index contributed by atoms with van der Waals surface area (Å²) >= 11 is 0. The average Bonchev–Trinajstić information content (AvgIpc) is 2.68. The van der Waals surface area contributed by atoms with Crippen LogP contribution in [0.2, 0.25) is 0 Å². The highest BCUT2D eigenvalue weighted by Gasteiger charge is 2.32. The van der Waals surface area contributed by atoms with Crippen molar-refractivity contribution in [1.82, 2.24) is 14.9 Å². The predicted molar refractivity (Wildman–Crippen MR) is 92.3 cm³/mol. The molecule has 0 saturated carbocycles. The van der Waals surface area contributed by atoms with Crippen LogP contribution in [0.15, 0.2) is 49.3 Å². The number of pyridine rings is 2. The van der Waals surface area contributed by atoms with Crippen LogP contribution in [-0.4, -0.2) is 33.9 Å². The van der Waals surface area contributed by atoms with Crippen molar-refractivity contribution in [2.75, 3.05) is 13.1 Å². The number of nitrogens with zero attached hydrogens (tertiary/aromatic N) is 3. The number of hydrogen-bond acceptors (Lipinski definition) is 4. The summed E-state index contributed by atoms with van der Waals surface area (Å²) in [7, 11) is 0. The van der Waals surface area contributed by atoms with Crippen molar-refractivity contribution in [2.24, 2.45) is 0 Å². The van der Waals surface area contributed by atoms with Crippen LogP contribution in [0.25, 0.3) is 0 Å². The van der Waals surface area contributed by atoms with E-state index in [1.54, 1.807) is 23.2 Å². The van der Waals surface area contributed by atoms with E-state index in [-0.39, 0.29) is 17.6 Å². The summed E-state index contributed by atoms with van der Waals surface area (Å²) in [6.07, 6.45) is 0.942. The number of amides is 1. The third-order valence-corrected chi connectivity index (χ3v) is 4.42. The van der Waals surface area contributed by atoms with Crippen molar-refractivity contribution in [1.29, 1.82) is 0 Å². The molecule has 27 heavy (non-hydrogen) atoms. The third-order valence-electron chi connectivity index (χ3n) is 4.42. The van der Waals surface area contributed by atoms with E-state index >= 15 is 0 Å². The molecule has 8 heteroatoms. The number of rotatable bonds is 4. The van der Waals surface area contributed by atoms with E-state index in [1.165, 1.54) is 12.1 Å². The van der Waals surface area contributed by atoms with Gasteiger partial charge in [0.2, 0.25) is 5.91 Å². The predicted octanol–water partition coefficient (Wildman–Crippen LogP) is 4.18.